The van der Waals surface area contributed by atoms with Gasteiger partial charge in [-0.05, 0) is 63.8 Å². The monoisotopic (exact) mass is 572 g/mol. The second-order valence-electron chi connectivity index (χ2n) is 11.9. The van der Waals surface area contributed by atoms with E-state index in [2.05, 4.69) is 5.32 Å². The molecule has 3 aliphatic heterocycles. The number of amides is 1. The largest absolute Gasteiger partial charge is 0.348 e. The molecule has 4 heterocycles. The van der Waals surface area contributed by atoms with Crippen molar-refractivity contribution in [3.63, 3.8) is 0 Å². The van der Waals surface area contributed by atoms with E-state index in [0.29, 0.717) is 37.3 Å². The summed E-state index contributed by atoms with van der Waals surface area (Å²) in [6.45, 7) is 5.10. The first kappa shape index (κ1) is 27.6. The van der Waals surface area contributed by atoms with Crippen molar-refractivity contribution in [1.29, 1.82) is 0 Å². The summed E-state index contributed by atoms with van der Waals surface area (Å²) in [7, 11) is -3.83. The van der Waals surface area contributed by atoms with Crippen LogP contribution >= 0.6 is 0 Å². The van der Waals surface area contributed by atoms with Crippen LogP contribution in [0.3, 0.4) is 0 Å². The normalized spacial score (nSPS) is 25.7. The highest BCUT2D eigenvalue weighted by Gasteiger charge is 2.48. The maximum Gasteiger partial charge on any atom is 0.253 e. The molecule has 11 heteroatoms. The fraction of sp³-hybridized carbons (Fsp3) is 0.586. The number of nitrogens with one attached hydrogen (secondary N) is 1. The second kappa shape index (κ2) is 10.3. The number of carbonyl (C=O) groups excluding carboxylic acids is 1. The predicted molar refractivity (Wildman–Crippen MR) is 150 cm³/mol. The number of aliphatic imine (C=N–C) groups is 1. The molecule has 2 aromatic rings. The molecule has 216 valence electrons. The number of carbonyl (C=O) groups is 1. The van der Waals surface area contributed by atoms with E-state index in [4.69, 9.17) is 14.5 Å². The summed E-state index contributed by atoms with van der Waals surface area (Å²) in [4.78, 5) is 17.7. The summed E-state index contributed by atoms with van der Waals surface area (Å²) in [6, 6.07) is 4.83. The lowest BCUT2D eigenvalue weighted by Crippen LogP contribution is -2.50. The highest BCUT2D eigenvalue weighted by atomic mass is 32.2. The van der Waals surface area contributed by atoms with Crippen molar-refractivity contribution < 1.29 is 27.1 Å². The van der Waals surface area contributed by atoms with Crippen molar-refractivity contribution in [2.24, 2.45) is 10.9 Å². The van der Waals surface area contributed by atoms with Crippen molar-refractivity contribution >= 4 is 38.7 Å². The third-order valence-corrected chi connectivity index (χ3v) is 10.3. The van der Waals surface area contributed by atoms with E-state index in [0.717, 1.165) is 42.4 Å². The van der Waals surface area contributed by atoms with Crippen LogP contribution in [0.25, 0.3) is 17.0 Å². The summed E-state index contributed by atoms with van der Waals surface area (Å²) >= 11 is 0. The maximum atomic E-state index is 14.9. The molecule has 1 aliphatic carbocycles. The van der Waals surface area contributed by atoms with Crippen LogP contribution in [0.15, 0.2) is 34.8 Å². The Hall–Kier alpha value is -2.60. The summed E-state index contributed by atoms with van der Waals surface area (Å²) < 4.78 is 56.3. The molecule has 1 amide bonds. The lowest BCUT2D eigenvalue weighted by Gasteiger charge is -2.34. The van der Waals surface area contributed by atoms with E-state index in [-0.39, 0.29) is 30.7 Å². The van der Waals surface area contributed by atoms with Gasteiger partial charge in [-0.25, -0.2) is 12.8 Å². The number of amidine groups is 1. The first-order valence-corrected chi connectivity index (χ1v) is 15.7. The zero-order valence-corrected chi connectivity index (χ0v) is 23.9. The number of sulfonamides is 1. The summed E-state index contributed by atoms with van der Waals surface area (Å²) in [5.41, 5.74) is 0.117. The maximum absolute atomic E-state index is 14.9. The van der Waals surface area contributed by atoms with Crippen molar-refractivity contribution in [2.45, 2.75) is 82.8 Å². The van der Waals surface area contributed by atoms with E-state index in [1.165, 1.54) is 22.9 Å². The Balaban J connectivity index is 1.16. The molecule has 0 bridgehead atoms. The van der Waals surface area contributed by atoms with E-state index in [1.807, 2.05) is 24.6 Å². The molecule has 2 saturated heterocycles. The third-order valence-electron chi connectivity index (χ3n) is 8.72. The standard InChI is InChI=1S/C29H37FN4O5S/c1-28(2)38-19-21(39-28)18-33-14-10-23-22(24(30)8-9-25(23)33)11-17-40(36,37)34-15-12-29(13-16-34)27(35)31-26(32-29)20-6-4-3-5-7-20/h8-11,14,17,20-21H,3-7,12-13,15-16,18-19H2,1-2H3,(H,31,32,35)/b17-11+/t21-/m0/s1. The van der Waals surface area contributed by atoms with Crippen LogP contribution in [0.5, 0.6) is 0 Å². The van der Waals surface area contributed by atoms with Gasteiger partial charge in [0.25, 0.3) is 5.91 Å². The zero-order chi connectivity index (χ0) is 28.1. The van der Waals surface area contributed by atoms with Gasteiger partial charge in [0.2, 0.25) is 10.0 Å². The molecule has 1 aromatic carbocycles. The molecule has 1 saturated carbocycles. The Morgan fingerprint density at radius 1 is 1.15 bits per heavy atom. The Labute approximate surface area is 234 Å². The van der Waals surface area contributed by atoms with E-state index >= 15 is 0 Å². The molecule has 1 atom stereocenters. The molecular formula is C29H37FN4O5S. The van der Waals surface area contributed by atoms with Gasteiger partial charge in [0, 0.05) is 47.1 Å². The van der Waals surface area contributed by atoms with Crippen LogP contribution in [0.1, 0.15) is 64.4 Å². The van der Waals surface area contributed by atoms with E-state index in [1.54, 1.807) is 12.1 Å². The average molecular weight is 573 g/mol. The zero-order valence-electron chi connectivity index (χ0n) is 23.1. The minimum absolute atomic E-state index is 0.114. The summed E-state index contributed by atoms with van der Waals surface area (Å²) in [6.07, 6.45) is 9.29. The number of halogens is 1. The number of aromatic nitrogens is 1. The SMILES string of the molecule is CC1(C)OC[C@H](Cn2ccc3c(/C=C/S(=O)(=O)N4CCC5(CC4)N=C(C4CCCCC4)NC5=O)c(F)ccc32)O1. The molecule has 0 unspecified atom stereocenters. The van der Waals surface area contributed by atoms with E-state index in [9.17, 15) is 17.6 Å². The van der Waals surface area contributed by atoms with Crippen LogP contribution in [-0.4, -0.2) is 66.2 Å². The van der Waals surface area contributed by atoms with Crippen LogP contribution in [0.2, 0.25) is 0 Å². The Kier molecular flexibility index (Phi) is 7.13. The second-order valence-corrected chi connectivity index (χ2v) is 13.7. The van der Waals surface area contributed by atoms with Crippen molar-refractivity contribution in [3.8, 4) is 0 Å². The van der Waals surface area contributed by atoms with E-state index < -0.39 is 27.2 Å². The number of rotatable bonds is 6. The van der Waals surface area contributed by atoms with Crippen LogP contribution < -0.4 is 5.32 Å². The molecule has 9 nitrogen and oxygen atoms in total. The highest BCUT2D eigenvalue weighted by molar-refractivity contribution is 7.92. The molecule has 1 aromatic heterocycles. The molecule has 3 fully saturated rings. The molecule has 6 rings (SSSR count). The molecule has 0 radical (unpaired) electrons. The Bertz CT molecular complexity index is 1470. The average Bonchev–Trinajstić information content (AvgIpc) is 3.59. The summed E-state index contributed by atoms with van der Waals surface area (Å²) in [5, 5.41) is 4.70. The molecule has 1 N–H and O–H groups in total. The smallest absolute Gasteiger partial charge is 0.253 e. The van der Waals surface area contributed by atoms with Crippen LogP contribution in [0, 0.1) is 11.7 Å². The third kappa shape index (κ3) is 5.24. The van der Waals surface area contributed by atoms with Crippen molar-refractivity contribution in [1.82, 2.24) is 14.2 Å². The number of hydrogen-bond acceptors (Lipinski definition) is 6. The topological polar surface area (TPSA) is 102 Å². The van der Waals surface area contributed by atoms with Crippen molar-refractivity contribution in [3.05, 3.63) is 41.2 Å². The van der Waals surface area contributed by atoms with Gasteiger partial charge in [-0.1, -0.05) is 19.3 Å². The highest BCUT2D eigenvalue weighted by Crippen LogP contribution is 2.35. The number of fused-ring (bicyclic) bond motifs is 1. The molecule has 1 spiro atoms. The van der Waals surface area contributed by atoms with Crippen molar-refractivity contribution in [2.75, 3.05) is 19.7 Å². The predicted octanol–water partition coefficient (Wildman–Crippen LogP) is 4.18. The minimum atomic E-state index is -3.83. The van der Waals surface area contributed by atoms with Crippen LogP contribution in [0.4, 0.5) is 4.39 Å². The van der Waals surface area contributed by atoms with Gasteiger partial charge in [-0.2, -0.15) is 4.31 Å². The first-order valence-electron chi connectivity index (χ1n) is 14.2. The van der Waals surface area contributed by atoms with Gasteiger partial charge >= 0.3 is 0 Å². The van der Waals surface area contributed by atoms with Gasteiger partial charge < -0.3 is 19.4 Å². The number of piperidine rings is 1. The fourth-order valence-electron chi connectivity index (χ4n) is 6.47. The lowest BCUT2D eigenvalue weighted by molar-refractivity contribution is -0.139. The Morgan fingerprint density at radius 2 is 1.90 bits per heavy atom. The lowest BCUT2D eigenvalue weighted by atomic mass is 9.88. The molecule has 4 aliphatic rings. The number of ether oxygens (including phenoxy) is 2. The van der Waals surface area contributed by atoms with Crippen LogP contribution in [-0.2, 0) is 30.8 Å². The number of benzene rings is 1. The van der Waals surface area contributed by atoms with Gasteiger partial charge in [0.05, 0.1) is 13.2 Å². The minimum Gasteiger partial charge on any atom is -0.348 e. The number of nitrogens with zero attached hydrogens (tertiary/aromatic N) is 3. The quantitative estimate of drug-likeness (QED) is 0.560. The van der Waals surface area contributed by atoms with Gasteiger partial charge in [0.1, 0.15) is 23.3 Å². The number of hydrogen-bond donors (Lipinski definition) is 1. The fourth-order valence-corrected chi connectivity index (χ4v) is 7.64. The molecular weight excluding hydrogens is 535 g/mol. The molecule has 40 heavy (non-hydrogen) atoms. The summed E-state index contributed by atoms with van der Waals surface area (Å²) in [5.74, 6) is -0.172. The van der Waals surface area contributed by atoms with Gasteiger partial charge in [0.15, 0.2) is 5.79 Å². The first-order chi connectivity index (χ1) is 19.1. The Morgan fingerprint density at radius 3 is 2.60 bits per heavy atom. The van der Waals surface area contributed by atoms with Gasteiger partial charge in [-0.15, -0.1) is 0 Å². The van der Waals surface area contributed by atoms with Gasteiger partial charge in [-0.3, -0.25) is 9.79 Å².